The smallest absolute Gasteiger partial charge is 0.342 e. The van der Waals surface area contributed by atoms with E-state index in [9.17, 15) is 29.8 Å². The summed E-state index contributed by atoms with van der Waals surface area (Å²) < 4.78 is 0. The van der Waals surface area contributed by atoms with E-state index < -0.39 is 44.3 Å². The van der Waals surface area contributed by atoms with Gasteiger partial charge in [0.25, 0.3) is 5.69 Å². The zero-order valence-electron chi connectivity index (χ0n) is 13.0. The molecule has 13 heteroatoms. The Hall–Kier alpha value is -3.44. The highest BCUT2D eigenvalue weighted by Crippen LogP contribution is 2.29. The van der Waals surface area contributed by atoms with Crippen LogP contribution in [0.25, 0.3) is 0 Å². The molecule has 0 saturated carbocycles. The van der Waals surface area contributed by atoms with E-state index in [1.807, 2.05) is 0 Å². The lowest BCUT2D eigenvalue weighted by molar-refractivity contribution is -0.385. The van der Waals surface area contributed by atoms with E-state index >= 15 is 0 Å². The molecule has 0 unspecified atom stereocenters. The molecule has 0 amide bonds. The van der Waals surface area contributed by atoms with E-state index in [4.69, 9.17) is 39.1 Å². The summed E-state index contributed by atoms with van der Waals surface area (Å²) in [6.07, 6.45) is 0. The predicted molar refractivity (Wildman–Crippen MR) is 94.5 cm³/mol. The topological polar surface area (TPSA) is 187 Å². The number of rotatable bonds is 4. The fraction of sp³-hybridized carbons (Fsp3) is 0. The van der Waals surface area contributed by atoms with Crippen molar-refractivity contribution >= 4 is 52.2 Å². The second-order valence-corrected chi connectivity index (χ2v) is 5.55. The first-order chi connectivity index (χ1) is 12.5. The van der Waals surface area contributed by atoms with Crippen LogP contribution in [-0.4, -0.2) is 32.0 Å². The van der Waals surface area contributed by atoms with Gasteiger partial charge in [-0.3, -0.25) is 20.2 Å². The first-order valence-electron chi connectivity index (χ1n) is 6.59. The molecule has 0 radical (unpaired) electrons. The molecule has 0 heterocycles. The van der Waals surface area contributed by atoms with Crippen LogP contribution in [0.4, 0.5) is 17.1 Å². The van der Waals surface area contributed by atoms with Crippen LogP contribution < -0.4 is 5.73 Å². The number of carbonyl (C=O) groups is 2. The van der Waals surface area contributed by atoms with Gasteiger partial charge in [0.2, 0.25) is 0 Å². The number of benzene rings is 2. The largest absolute Gasteiger partial charge is 0.477 e. The summed E-state index contributed by atoms with van der Waals surface area (Å²) in [7, 11) is 0. The fourth-order valence-corrected chi connectivity index (χ4v) is 2.22. The van der Waals surface area contributed by atoms with Gasteiger partial charge in [-0.2, -0.15) is 0 Å². The lowest BCUT2D eigenvalue weighted by Gasteiger charge is -2.01. The zero-order chi connectivity index (χ0) is 20.9. The van der Waals surface area contributed by atoms with Gasteiger partial charge in [-0.1, -0.05) is 23.2 Å². The third-order valence-corrected chi connectivity index (χ3v) is 3.36. The number of nitrogens with two attached hydrogens (primary N) is 1. The second-order valence-electron chi connectivity index (χ2n) is 4.68. The summed E-state index contributed by atoms with van der Waals surface area (Å²) in [6.45, 7) is 0. The van der Waals surface area contributed by atoms with Gasteiger partial charge in [0.15, 0.2) is 0 Å². The number of halogens is 2. The molecule has 0 spiro atoms. The van der Waals surface area contributed by atoms with Gasteiger partial charge in [-0.25, -0.2) is 9.59 Å². The molecule has 0 aliphatic heterocycles. The molecule has 0 aromatic heterocycles. The third-order valence-electron chi connectivity index (χ3n) is 2.90. The van der Waals surface area contributed by atoms with Crippen molar-refractivity contribution in [2.45, 2.75) is 0 Å². The van der Waals surface area contributed by atoms with Crippen LogP contribution in [0, 0.1) is 20.2 Å². The number of hydrogen-bond acceptors (Lipinski definition) is 7. The van der Waals surface area contributed by atoms with E-state index in [0.29, 0.717) is 0 Å². The molecule has 2 aromatic carbocycles. The zero-order valence-corrected chi connectivity index (χ0v) is 14.5. The van der Waals surface area contributed by atoms with Gasteiger partial charge in [0.05, 0.1) is 9.85 Å². The first kappa shape index (κ1) is 21.6. The molecule has 0 fully saturated rings. The first-order valence-corrected chi connectivity index (χ1v) is 7.35. The van der Waals surface area contributed by atoms with Crippen molar-refractivity contribution in [1.82, 2.24) is 0 Å². The van der Waals surface area contributed by atoms with Crippen LogP contribution in [0.2, 0.25) is 10.0 Å². The maximum atomic E-state index is 10.6. The van der Waals surface area contributed by atoms with Crippen molar-refractivity contribution in [3.8, 4) is 0 Å². The quantitative estimate of drug-likeness (QED) is 0.379. The maximum absolute atomic E-state index is 10.6. The van der Waals surface area contributed by atoms with Crippen LogP contribution in [0.1, 0.15) is 20.7 Å². The normalized spacial score (nSPS) is 9.70. The summed E-state index contributed by atoms with van der Waals surface area (Å²) >= 11 is 11.0. The standard InChI is InChI=1S/C7H5ClN2O4.C7H4ClNO4/c8-3-1-4(7(11)12)6(10(13)14)5(9)2-3;8-4-1-2-6(9(12)13)5(3-4)7(10)11/h1-2H,9H2,(H,11,12);1-3H,(H,10,11). The van der Waals surface area contributed by atoms with Crippen LogP contribution >= 0.6 is 23.2 Å². The molecule has 142 valence electrons. The van der Waals surface area contributed by atoms with Gasteiger partial charge in [0.1, 0.15) is 16.8 Å². The molecule has 0 bridgehead atoms. The molecular formula is C14H9Cl2N3O8. The fourth-order valence-electron chi connectivity index (χ4n) is 1.83. The monoisotopic (exact) mass is 417 g/mol. The van der Waals surface area contributed by atoms with Crippen LogP contribution in [-0.2, 0) is 0 Å². The van der Waals surface area contributed by atoms with Crippen molar-refractivity contribution in [2.75, 3.05) is 5.73 Å². The van der Waals surface area contributed by atoms with Crippen LogP contribution in [0.3, 0.4) is 0 Å². The highest BCUT2D eigenvalue weighted by atomic mass is 35.5. The summed E-state index contributed by atoms with van der Waals surface area (Å²) in [5, 5.41) is 38.2. The number of carboxylic acid groups (broad SMARTS) is 2. The molecule has 0 saturated heterocycles. The lowest BCUT2D eigenvalue weighted by Crippen LogP contribution is -2.05. The Bertz CT molecular complexity index is 948. The Morgan fingerprint density at radius 2 is 1.41 bits per heavy atom. The minimum Gasteiger partial charge on any atom is -0.477 e. The summed E-state index contributed by atoms with van der Waals surface area (Å²) in [4.78, 5) is 40.3. The Morgan fingerprint density at radius 1 is 0.889 bits per heavy atom. The average molecular weight is 418 g/mol. The molecule has 0 aliphatic carbocycles. The molecule has 2 rings (SSSR count). The highest BCUT2D eigenvalue weighted by Gasteiger charge is 2.24. The number of aromatic carboxylic acids is 2. The summed E-state index contributed by atoms with van der Waals surface area (Å²) in [5.41, 5.74) is 2.99. The van der Waals surface area contributed by atoms with Gasteiger partial charge in [0, 0.05) is 16.1 Å². The molecular weight excluding hydrogens is 409 g/mol. The molecule has 27 heavy (non-hydrogen) atoms. The number of hydrogen-bond donors (Lipinski definition) is 3. The van der Waals surface area contributed by atoms with Gasteiger partial charge in [-0.15, -0.1) is 0 Å². The minimum atomic E-state index is -1.44. The maximum Gasteiger partial charge on any atom is 0.342 e. The number of nitro benzene ring substituents is 2. The van der Waals surface area contributed by atoms with E-state index in [1.54, 1.807) is 0 Å². The molecule has 11 nitrogen and oxygen atoms in total. The van der Waals surface area contributed by atoms with Crippen LogP contribution in [0.15, 0.2) is 30.3 Å². The Labute approximate surface area is 159 Å². The van der Waals surface area contributed by atoms with Crippen LogP contribution in [0.5, 0.6) is 0 Å². The summed E-state index contributed by atoms with van der Waals surface area (Å²) in [5.74, 6) is -2.81. The van der Waals surface area contributed by atoms with Crippen molar-refractivity contribution in [3.05, 3.63) is 71.7 Å². The van der Waals surface area contributed by atoms with Crippen molar-refractivity contribution in [2.24, 2.45) is 0 Å². The molecule has 0 aliphatic rings. The number of nitrogen functional groups attached to an aromatic ring is 1. The molecule has 0 atom stereocenters. The summed E-state index contributed by atoms with van der Waals surface area (Å²) in [6, 6.07) is 5.49. The number of anilines is 1. The van der Waals surface area contributed by atoms with E-state index in [-0.39, 0.29) is 15.7 Å². The van der Waals surface area contributed by atoms with Crippen molar-refractivity contribution in [1.29, 1.82) is 0 Å². The van der Waals surface area contributed by atoms with Crippen molar-refractivity contribution < 1.29 is 29.6 Å². The SMILES string of the molecule is Nc1cc(Cl)cc(C(=O)O)c1[N+](=O)[O-].O=C(O)c1cc(Cl)ccc1[N+](=O)[O-]. The van der Waals surface area contributed by atoms with Gasteiger partial charge in [-0.05, 0) is 24.3 Å². The Morgan fingerprint density at radius 3 is 1.85 bits per heavy atom. The average Bonchev–Trinajstić information content (AvgIpc) is 2.53. The van der Waals surface area contributed by atoms with Gasteiger partial charge < -0.3 is 15.9 Å². The van der Waals surface area contributed by atoms with Crippen molar-refractivity contribution in [3.63, 3.8) is 0 Å². The predicted octanol–water partition coefficient (Wildman–Crippen LogP) is 3.48. The lowest BCUT2D eigenvalue weighted by atomic mass is 10.1. The number of nitro groups is 2. The molecule has 2 aromatic rings. The molecule has 4 N–H and O–H groups in total. The number of carboxylic acids is 2. The van der Waals surface area contributed by atoms with E-state index in [0.717, 1.165) is 24.3 Å². The Balaban J connectivity index is 0.000000271. The Kier molecular flexibility index (Phi) is 7.02. The van der Waals surface area contributed by atoms with E-state index in [2.05, 4.69) is 0 Å². The minimum absolute atomic E-state index is 0.0468. The van der Waals surface area contributed by atoms with Gasteiger partial charge >= 0.3 is 17.6 Å². The van der Waals surface area contributed by atoms with E-state index in [1.165, 1.54) is 6.07 Å². The second kappa shape index (κ2) is 8.78. The third kappa shape index (κ3) is 5.52. The highest BCUT2D eigenvalue weighted by molar-refractivity contribution is 6.31. The number of nitrogens with zero attached hydrogens (tertiary/aromatic N) is 2.